The molecule has 0 saturated heterocycles. The van der Waals surface area contributed by atoms with Gasteiger partial charge in [0, 0.05) is 11.4 Å². The van der Waals surface area contributed by atoms with Gasteiger partial charge >= 0.3 is 0 Å². The fourth-order valence-electron chi connectivity index (χ4n) is 0.950. The summed E-state index contributed by atoms with van der Waals surface area (Å²) in [6, 6.07) is 5.67. The number of benzene rings is 1. The average Bonchev–Trinajstić information content (AvgIpc) is 2.15. The maximum Gasteiger partial charge on any atom is 0.124 e. The molecule has 0 radical (unpaired) electrons. The molecule has 0 aliphatic heterocycles. The zero-order valence-corrected chi connectivity index (χ0v) is 9.06. The highest BCUT2D eigenvalue weighted by Crippen LogP contribution is 2.16. The Morgan fingerprint density at radius 1 is 1.38 bits per heavy atom. The molecule has 72 valence electrons. The van der Waals surface area contributed by atoms with E-state index in [9.17, 15) is 4.79 Å². The van der Waals surface area contributed by atoms with E-state index in [1.807, 2.05) is 39.0 Å². The molecule has 0 fully saturated rings. The van der Waals surface area contributed by atoms with Crippen LogP contribution < -0.4 is 0 Å². The first-order valence-corrected chi connectivity index (χ1v) is 4.80. The number of hydrogen-bond donors (Lipinski definition) is 0. The predicted octanol–water partition coefficient (Wildman–Crippen LogP) is 3.42. The Kier molecular flexibility index (Phi) is 6.25. The van der Waals surface area contributed by atoms with Crippen molar-refractivity contribution < 1.29 is 4.79 Å². The van der Waals surface area contributed by atoms with Gasteiger partial charge in [-0.2, -0.15) is 0 Å². The first-order valence-electron chi connectivity index (χ1n) is 4.42. The molecule has 0 amide bonds. The molecule has 0 heterocycles. The van der Waals surface area contributed by atoms with Crippen molar-refractivity contribution in [3.05, 3.63) is 34.3 Å². The molecular weight excluding hydrogens is 184 g/mol. The highest BCUT2D eigenvalue weighted by molar-refractivity contribution is 6.31. The van der Waals surface area contributed by atoms with Gasteiger partial charge in [-0.15, -0.1) is 0 Å². The lowest BCUT2D eigenvalue weighted by Gasteiger charge is -1.99. The van der Waals surface area contributed by atoms with Crippen LogP contribution in [0.2, 0.25) is 5.02 Å². The molecule has 0 aliphatic carbocycles. The number of rotatable bonds is 2. The quantitative estimate of drug-likeness (QED) is 0.666. The summed E-state index contributed by atoms with van der Waals surface area (Å²) in [7, 11) is 0. The Bertz CT molecular complexity index is 269. The van der Waals surface area contributed by atoms with Crippen molar-refractivity contribution >= 4 is 17.9 Å². The van der Waals surface area contributed by atoms with E-state index in [0.717, 1.165) is 17.4 Å². The van der Waals surface area contributed by atoms with E-state index in [0.29, 0.717) is 11.4 Å². The summed E-state index contributed by atoms with van der Waals surface area (Å²) < 4.78 is 0. The minimum Gasteiger partial charge on any atom is -0.303 e. The van der Waals surface area contributed by atoms with Crippen LogP contribution in [0.25, 0.3) is 0 Å². The predicted molar refractivity (Wildman–Crippen MR) is 57.3 cm³/mol. The number of halogens is 1. The fraction of sp³-hybridized carbons (Fsp3) is 0.364. The van der Waals surface area contributed by atoms with Gasteiger partial charge in [-0.05, 0) is 18.6 Å². The Labute approximate surface area is 84.7 Å². The molecule has 0 unspecified atom stereocenters. The van der Waals surface area contributed by atoms with Crippen molar-refractivity contribution in [3.63, 3.8) is 0 Å². The molecule has 1 aromatic rings. The molecule has 0 bridgehead atoms. The number of carbonyl (C=O) groups excluding carboxylic acids is 1. The number of carbonyl (C=O) groups is 1. The van der Waals surface area contributed by atoms with Crippen LogP contribution in [0.1, 0.15) is 25.0 Å². The maximum absolute atomic E-state index is 10.2. The minimum absolute atomic E-state index is 0.403. The second-order valence-corrected chi connectivity index (χ2v) is 2.87. The Morgan fingerprint density at radius 2 is 2.00 bits per heavy atom. The standard InChI is InChI=1S/C9H9ClO.C2H6/c1-7-2-3-9(10)8(6-7)4-5-11;1-2/h2-3,5-6H,4H2,1H3;1-2H3. The maximum atomic E-state index is 10.2. The van der Waals surface area contributed by atoms with E-state index in [4.69, 9.17) is 11.6 Å². The van der Waals surface area contributed by atoms with Gasteiger partial charge in [0.2, 0.25) is 0 Å². The summed E-state index contributed by atoms with van der Waals surface area (Å²) >= 11 is 5.82. The van der Waals surface area contributed by atoms with Crippen LogP contribution in [0.5, 0.6) is 0 Å². The summed E-state index contributed by atoms with van der Waals surface area (Å²) in [5.74, 6) is 0. The van der Waals surface area contributed by atoms with Crippen LogP contribution in [0.15, 0.2) is 18.2 Å². The van der Waals surface area contributed by atoms with Crippen LogP contribution in [-0.4, -0.2) is 6.29 Å². The number of aldehydes is 1. The Morgan fingerprint density at radius 3 is 2.54 bits per heavy atom. The van der Waals surface area contributed by atoms with Gasteiger partial charge in [-0.25, -0.2) is 0 Å². The highest BCUT2D eigenvalue weighted by Gasteiger charge is 1.98. The van der Waals surface area contributed by atoms with E-state index >= 15 is 0 Å². The molecule has 0 aliphatic rings. The van der Waals surface area contributed by atoms with Gasteiger partial charge < -0.3 is 4.79 Å². The van der Waals surface area contributed by atoms with Crippen LogP contribution in [0.4, 0.5) is 0 Å². The first kappa shape index (κ1) is 12.2. The Balaban J connectivity index is 0.000000671. The lowest BCUT2D eigenvalue weighted by atomic mass is 10.1. The van der Waals surface area contributed by atoms with E-state index in [-0.39, 0.29) is 0 Å². The molecule has 0 aromatic heterocycles. The largest absolute Gasteiger partial charge is 0.303 e. The van der Waals surface area contributed by atoms with E-state index in [1.54, 1.807) is 0 Å². The molecule has 0 saturated carbocycles. The van der Waals surface area contributed by atoms with Crippen molar-refractivity contribution in [1.29, 1.82) is 0 Å². The molecule has 13 heavy (non-hydrogen) atoms. The summed E-state index contributed by atoms with van der Waals surface area (Å²) in [5.41, 5.74) is 2.04. The molecule has 2 heteroatoms. The third-order valence-electron chi connectivity index (χ3n) is 1.50. The number of hydrogen-bond acceptors (Lipinski definition) is 1. The zero-order chi connectivity index (χ0) is 10.3. The van der Waals surface area contributed by atoms with Gasteiger partial charge in [0.25, 0.3) is 0 Å². The van der Waals surface area contributed by atoms with Gasteiger partial charge in [-0.3, -0.25) is 0 Å². The SMILES string of the molecule is CC.Cc1ccc(Cl)c(CC=O)c1. The molecule has 0 N–H and O–H groups in total. The van der Waals surface area contributed by atoms with Crippen molar-refractivity contribution in [3.8, 4) is 0 Å². The third kappa shape index (κ3) is 4.09. The molecular formula is C11H15ClO. The van der Waals surface area contributed by atoms with Crippen LogP contribution in [-0.2, 0) is 11.2 Å². The first-order chi connectivity index (χ1) is 6.24. The average molecular weight is 199 g/mol. The highest BCUT2D eigenvalue weighted by atomic mass is 35.5. The van der Waals surface area contributed by atoms with E-state index in [2.05, 4.69) is 0 Å². The molecule has 1 rings (SSSR count). The van der Waals surface area contributed by atoms with Crippen LogP contribution in [0.3, 0.4) is 0 Å². The Hall–Kier alpha value is -0.820. The summed E-state index contributed by atoms with van der Waals surface area (Å²) in [6.45, 7) is 5.98. The van der Waals surface area contributed by atoms with E-state index in [1.165, 1.54) is 0 Å². The minimum atomic E-state index is 0.403. The molecule has 0 atom stereocenters. The van der Waals surface area contributed by atoms with Gasteiger partial charge in [0.05, 0.1) is 0 Å². The third-order valence-corrected chi connectivity index (χ3v) is 1.87. The van der Waals surface area contributed by atoms with Crippen molar-refractivity contribution in [2.75, 3.05) is 0 Å². The van der Waals surface area contributed by atoms with Gasteiger partial charge in [-0.1, -0.05) is 43.1 Å². The van der Waals surface area contributed by atoms with Crippen molar-refractivity contribution in [2.45, 2.75) is 27.2 Å². The summed E-state index contributed by atoms with van der Waals surface area (Å²) in [4.78, 5) is 10.2. The second-order valence-electron chi connectivity index (χ2n) is 2.47. The van der Waals surface area contributed by atoms with Crippen LogP contribution in [0, 0.1) is 6.92 Å². The normalized spacial score (nSPS) is 8.62. The smallest absolute Gasteiger partial charge is 0.124 e. The topological polar surface area (TPSA) is 17.1 Å². The van der Waals surface area contributed by atoms with E-state index < -0.39 is 0 Å². The monoisotopic (exact) mass is 198 g/mol. The van der Waals surface area contributed by atoms with Crippen molar-refractivity contribution in [1.82, 2.24) is 0 Å². The summed E-state index contributed by atoms with van der Waals surface area (Å²) in [6.07, 6.45) is 1.27. The second kappa shape index (κ2) is 6.67. The van der Waals surface area contributed by atoms with Gasteiger partial charge in [0.15, 0.2) is 0 Å². The fourth-order valence-corrected chi connectivity index (χ4v) is 1.14. The molecule has 1 nitrogen and oxygen atoms in total. The van der Waals surface area contributed by atoms with Gasteiger partial charge in [0.1, 0.15) is 6.29 Å². The molecule has 1 aromatic carbocycles. The zero-order valence-electron chi connectivity index (χ0n) is 8.30. The number of aryl methyl sites for hydroxylation is 1. The lowest BCUT2D eigenvalue weighted by molar-refractivity contribution is -0.107. The van der Waals surface area contributed by atoms with Crippen LogP contribution >= 0.6 is 11.6 Å². The lowest BCUT2D eigenvalue weighted by Crippen LogP contribution is -1.87. The molecule has 0 spiro atoms. The van der Waals surface area contributed by atoms with Crippen molar-refractivity contribution in [2.24, 2.45) is 0 Å². The summed E-state index contributed by atoms with van der Waals surface area (Å²) in [5, 5.41) is 0.669.